The van der Waals surface area contributed by atoms with E-state index in [9.17, 15) is 8.78 Å². The van der Waals surface area contributed by atoms with Crippen LogP contribution >= 0.6 is 0 Å². The fourth-order valence-electron chi connectivity index (χ4n) is 1.73. The van der Waals surface area contributed by atoms with Gasteiger partial charge in [0.1, 0.15) is 6.07 Å². The molecule has 0 aromatic heterocycles. The highest BCUT2D eigenvalue weighted by Gasteiger charge is 2.34. The zero-order valence-electron chi connectivity index (χ0n) is 8.36. The number of benzene rings is 1. The summed E-state index contributed by atoms with van der Waals surface area (Å²) in [7, 11) is 0. The Bertz CT molecular complexity index is 379. The Balaban J connectivity index is 3.44. The second-order valence-corrected chi connectivity index (χ2v) is 3.46. The minimum atomic E-state index is -3.39. The van der Waals surface area contributed by atoms with Crippen molar-refractivity contribution >= 4 is 0 Å². The molecule has 14 heavy (non-hydrogen) atoms. The van der Waals surface area contributed by atoms with E-state index in [1.807, 2.05) is 6.92 Å². The predicted molar refractivity (Wildman–Crippen MR) is 50.2 cm³/mol. The van der Waals surface area contributed by atoms with Crippen LogP contribution in [0.15, 0.2) is 12.1 Å². The number of halogens is 2. The highest BCUT2D eigenvalue weighted by Crippen LogP contribution is 2.32. The first-order valence-electron chi connectivity index (χ1n) is 4.26. The van der Waals surface area contributed by atoms with E-state index in [0.717, 1.165) is 11.6 Å². The van der Waals surface area contributed by atoms with Crippen molar-refractivity contribution in [1.82, 2.24) is 0 Å². The Labute approximate surface area is 82.0 Å². The van der Waals surface area contributed by atoms with Crippen molar-refractivity contribution < 1.29 is 8.78 Å². The number of nitriles is 1. The molecule has 1 aromatic rings. The minimum absolute atomic E-state index is 0.161. The summed E-state index contributed by atoms with van der Waals surface area (Å²) >= 11 is 0. The number of aryl methyl sites for hydroxylation is 3. The summed E-state index contributed by atoms with van der Waals surface area (Å²) in [5.41, 5.74) is 1.70. The first kappa shape index (κ1) is 10.6. The van der Waals surface area contributed by atoms with Crippen molar-refractivity contribution in [1.29, 1.82) is 5.26 Å². The van der Waals surface area contributed by atoms with Crippen molar-refractivity contribution in [2.75, 3.05) is 0 Å². The third-order valence-electron chi connectivity index (χ3n) is 2.13. The third kappa shape index (κ3) is 1.74. The van der Waals surface area contributed by atoms with E-state index in [1.54, 1.807) is 26.0 Å². The van der Waals surface area contributed by atoms with Crippen LogP contribution in [0, 0.1) is 32.1 Å². The quantitative estimate of drug-likeness (QED) is 0.674. The van der Waals surface area contributed by atoms with Crippen molar-refractivity contribution in [3.63, 3.8) is 0 Å². The third-order valence-corrected chi connectivity index (χ3v) is 2.13. The molecule has 0 radical (unpaired) electrons. The molecule has 0 aliphatic rings. The van der Waals surface area contributed by atoms with Crippen LogP contribution in [0.1, 0.15) is 22.3 Å². The van der Waals surface area contributed by atoms with Gasteiger partial charge in [0.2, 0.25) is 0 Å². The van der Waals surface area contributed by atoms with Gasteiger partial charge in [0.05, 0.1) is 0 Å². The summed E-state index contributed by atoms with van der Waals surface area (Å²) < 4.78 is 26.4. The van der Waals surface area contributed by atoms with Gasteiger partial charge in [-0.25, -0.2) is 0 Å². The molecule has 0 bridgehead atoms. The van der Waals surface area contributed by atoms with Gasteiger partial charge in [-0.3, -0.25) is 0 Å². The number of hydrogen-bond donors (Lipinski definition) is 0. The molecule has 0 saturated carbocycles. The Hall–Kier alpha value is -1.43. The molecule has 0 amide bonds. The monoisotopic (exact) mass is 195 g/mol. The minimum Gasteiger partial charge on any atom is -0.191 e. The second-order valence-electron chi connectivity index (χ2n) is 3.46. The van der Waals surface area contributed by atoms with Crippen LogP contribution in [0.4, 0.5) is 8.78 Å². The summed E-state index contributed by atoms with van der Waals surface area (Å²) in [4.78, 5) is 0. The Morgan fingerprint density at radius 1 is 1.14 bits per heavy atom. The molecule has 0 saturated heterocycles. The summed E-state index contributed by atoms with van der Waals surface area (Å²) in [5, 5.41) is 8.37. The van der Waals surface area contributed by atoms with Crippen LogP contribution in [-0.2, 0) is 5.92 Å². The maximum absolute atomic E-state index is 13.2. The van der Waals surface area contributed by atoms with Crippen LogP contribution in [0.5, 0.6) is 0 Å². The molecule has 3 heteroatoms. The lowest BCUT2D eigenvalue weighted by molar-refractivity contribution is 0.0599. The van der Waals surface area contributed by atoms with E-state index >= 15 is 0 Å². The first-order chi connectivity index (χ1) is 6.38. The van der Waals surface area contributed by atoms with Gasteiger partial charge in [0, 0.05) is 5.56 Å². The SMILES string of the molecule is Cc1cc(C)c(C(F)(F)C#N)c(C)c1. The molecule has 1 aromatic carbocycles. The molecule has 0 unspecified atom stereocenters. The Morgan fingerprint density at radius 3 is 1.93 bits per heavy atom. The van der Waals surface area contributed by atoms with Gasteiger partial charge in [-0.2, -0.15) is 14.0 Å². The summed E-state index contributed by atoms with van der Waals surface area (Å²) in [6.07, 6.45) is 0. The van der Waals surface area contributed by atoms with Crippen LogP contribution < -0.4 is 0 Å². The maximum atomic E-state index is 13.2. The van der Waals surface area contributed by atoms with Gasteiger partial charge in [0.25, 0.3) is 0 Å². The normalized spacial score (nSPS) is 11.1. The van der Waals surface area contributed by atoms with Crippen LogP contribution in [0.25, 0.3) is 0 Å². The average molecular weight is 195 g/mol. The molecule has 74 valence electrons. The van der Waals surface area contributed by atoms with E-state index in [-0.39, 0.29) is 5.56 Å². The maximum Gasteiger partial charge on any atom is 0.357 e. The van der Waals surface area contributed by atoms with E-state index in [0.29, 0.717) is 11.1 Å². The fraction of sp³-hybridized carbons (Fsp3) is 0.364. The molecular formula is C11H11F2N. The lowest BCUT2D eigenvalue weighted by atomic mass is 9.95. The summed E-state index contributed by atoms with van der Waals surface area (Å²) in [6.45, 7) is 5.04. The molecule has 0 aliphatic carbocycles. The fourth-order valence-corrected chi connectivity index (χ4v) is 1.73. The molecule has 0 aliphatic heterocycles. The molecular weight excluding hydrogens is 184 g/mol. The predicted octanol–water partition coefficient (Wildman–Crippen LogP) is 3.23. The number of nitrogens with zero attached hydrogens (tertiary/aromatic N) is 1. The molecule has 1 rings (SSSR count). The van der Waals surface area contributed by atoms with Crippen LogP contribution in [0.2, 0.25) is 0 Å². The standard InChI is InChI=1S/C11H11F2N/c1-7-4-8(2)10(9(3)5-7)11(12,13)6-14/h4-5H,1-3H3. The molecule has 1 nitrogen and oxygen atoms in total. The first-order valence-corrected chi connectivity index (χ1v) is 4.26. The topological polar surface area (TPSA) is 23.8 Å². The van der Waals surface area contributed by atoms with E-state index in [4.69, 9.17) is 5.26 Å². The second kappa shape index (κ2) is 3.38. The van der Waals surface area contributed by atoms with E-state index in [1.165, 1.54) is 0 Å². The largest absolute Gasteiger partial charge is 0.357 e. The molecule has 0 spiro atoms. The van der Waals surface area contributed by atoms with Crippen molar-refractivity contribution in [3.8, 4) is 6.07 Å². The van der Waals surface area contributed by atoms with Crippen molar-refractivity contribution in [2.45, 2.75) is 26.7 Å². The average Bonchev–Trinajstić information content (AvgIpc) is 2.01. The zero-order chi connectivity index (χ0) is 10.9. The molecule has 0 heterocycles. The zero-order valence-corrected chi connectivity index (χ0v) is 8.36. The van der Waals surface area contributed by atoms with Gasteiger partial charge in [-0.15, -0.1) is 0 Å². The lowest BCUT2D eigenvalue weighted by Crippen LogP contribution is -2.14. The summed E-state index contributed by atoms with van der Waals surface area (Å²) in [6, 6.07) is 4.35. The smallest absolute Gasteiger partial charge is 0.191 e. The van der Waals surface area contributed by atoms with Gasteiger partial charge >= 0.3 is 5.92 Å². The highest BCUT2D eigenvalue weighted by atomic mass is 19.3. The number of alkyl halides is 2. The van der Waals surface area contributed by atoms with Gasteiger partial charge in [-0.05, 0) is 31.9 Å². The lowest BCUT2D eigenvalue weighted by Gasteiger charge is -2.15. The van der Waals surface area contributed by atoms with Crippen molar-refractivity contribution in [3.05, 3.63) is 34.4 Å². The summed E-state index contributed by atoms with van der Waals surface area (Å²) in [5.74, 6) is -3.39. The number of hydrogen-bond acceptors (Lipinski definition) is 1. The van der Waals surface area contributed by atoms with Gasteiger partial charge in [-0.1, -0.05) is 17.7 Å². The van der Waals surface area contributed by atoms with Crippen molar-refractivity contribution in [2.24, 2.45) is 0 Å². The van der Waals surface area contributed by atoms with Gasteiger partial charge in [0.15, 0.2) is 0 Å². The Morgan fingerprint density at radius 2 is 1.57 bits per heavy atom. The van der Waals surface area contributed by atoms with Crippen LogP contribution in [-0.4, -0.2) is 0 Å². The molecule has 0 atom stereocenters. The number of rotatable bonds is 1. The van der Waals surface area contributed by atoms with Gasteiger partial charge < -0.3 is 0 Å². The molecule has 0 N–H and O–H groups in total. The molecule has 0 fully saturated rings. The highest BCUT2D eigenvalue weighted by molar-refractivity contribution is 5.42. The van der Waals surface area contributed by atoms with Crippen LogP contribution in [0.3, 0.4) is 0 Å². The Kier molecular flexibility index (Phi) is 2.57. The van der Waals surface area contributed by atoms with E-state index < -0.39 is 5.92 Å². The van der Waals surface area contributed by atoms with E-state index in [2.05, 4.69) is 0 Å².